The van der Waals surface area contributed by atoms with E-state index in [0.29, 0.717) is 12.5 Å². The van der Waals surface area contributed by atoms with Gasteiger partial charge in [0.15, 0.2) is 11.6 Å². The lowest BCUT2D eigenvalue weighted by Gasteiger charge is -2.09. The van der Waals surface area contributed by atoms with Crippen LogP contribution in [-0.2, 0) is 0 Å². The van der Waals surface area contributed by atoms with Gasteiger partial charge >= 0.3 is 0 Å². The molecule has 1 aromatic carbocycles. The van der Waals surface area contributed by atoms with Crippen LogP contribution in [-0.4, -0.2) is 6.61 Å². The summed E-state index contributed by atoms with van der Waals surface area (Å²) in [5.41, 5.74) is 0. The Kier molecular flexibility index (Phi) is 3.55. The molecule has 0 spiro atoms. The van der Waals surface area contributed by atoms with Crippen LogP contribution in [0, 0.1) is 11.7 Å². The van der Waals surface area contributed by atoms with Crippen LogP contribution in [0.2, 0.25) is 5.02 Å². The minimum Gasteiger partial charge on any atom is -0.490 e. The first-order valence-corrected chi connectivity index (χ1v) is 4.56. The first-order chi connectivity index (χ1) is 6.11. The topological polar surface area (TPSA) is 9.23 Å². The fourth-order valence-corrected chi connectivity index (χ4v) is 1.02. The van der Waals surface area contributed by atoms with E-state index in [-0.39, 0.29) is 10.8 Å². The van der Waals surface area contributed by atoms with Crippen molar-refractivity contribution in [3.05, 3.63) is 29.0 Å². The van der Waals surface area contributed by atoms with Crippen molar-refractivity contribution >= 4 is 11.6 Å². The molecule has 0 fully saturated rings. The van der Waals surface area contributed by atoms with Crippen molar-refractivity contribution in [2.45, 2.75) is 13.8 Å². The van der Waals surface area contributed by atoms with Gasteiger partial charge in [-0.1, -0.05) is 31.5 Å². The average Bonchev–Trinajstić information content (AvgIpc) is 2.07. The van der Waals surface area contributed by atoms with Gasteiger partial charge in [0.05, 0.1) is 11.6 Å². The van der Waals surface area contributed by atoms with E-state index < -0.39 is 5.82 Å². The maximum absolute atomic E-state index is 13.2. The Morgan fingerprint density at radius 3 is 2.77 bits per heavy atom. The maximum Gasteiger partial charge on any atom is 0.183 e. The Labute approximate surface area is 82.5 Å². The smallest absolute Gasteiger partial charge is 0.183 e. The predicted molar refractivity (Wildman–Crippen MR) is 51.7 cm³/mol. The zero-order valence-electron chi connectivity index (χ0n) is 7.68. The third-order valence-corrected chi connectivity index (χ3v) is 1.78. The van der Waals surface area contributed by atoms with Gasteiger partial charge in [0, 0.05) is 0 Å². The van der Waals surface area contributed by atoms with Crippen molar-refractivity contribution in [1.82, 2.24) is 0 Å². The van der Waals surface area contributed by atoms with E-state index in [1.165, 1.54) is 6.07 Å². The Bertz CT molecular complexity index is 286. The van der Waals surface area contributed by atoms with Crippen LogP contribution in [0.25, 0.3) is 0 Å². The maximum atomic E-state index is 13.2. The van der Waals surface area contributed by atoms with Crippen molar-refractivity contribution < 1.29 is 9.13 Å². The van der Waals surface area contributed by atoms with Crippen molar-refractivity contribution in [3.63, 3.8) is 0 Å². The largest absolute Gasteiger partial charge is 0.490 e. The van der Waals surface area contributed by atoms with Crippen molar-refractivity contribution in [3.8, 4) is 5.75 Å². The zero-order valence-corrected chi connectivity index (χ0v) is 8.44. The summed E-state index contributed by atoms with van der Waals surface area (Å²) in [6.07, 6.45) is 0. The molecule has 0 saturated carbocycles. The summed E-state index contributed by atoms with van der Waals surface area (Å²) >= 11 is 5.57. The molecule has 13 heavy (non-hydrogen) atoms. The highest BCUT2D eigenvalue weighted by Crippen LogP contribution is 2.24. The third kappa shape index (κ3) is 2.88. The second-order valence-electron chi connectivity index (χ2n) is 3.26. The second kappa shape index (κ2) is 4.47. The molecule has 3 heteroatoms. The minimum atomic E-state index is -0.482. The minimum absolute atomic E-state index is 0.0984. The van der Waals surface area contributed by atoms with E-state index in [9.17, 15) is 4.39 Å². The summed E-state index contributed by atoms with van der Waals surface area (Å²) in [5.74, 6) is 0.115. The summed E-state index contributed by atoms with van der Waals surface area (Å²) in [4.78, 5) is 0. The fourth-order valence-electron chi connectivity index (χ4n) is 0.852. The lowest BCUT2D eigenvalue weighted by molar-refractivity contribution is 0.259. The molecule has 72 valence electrons. The molecule has 0 saturated heterocycles. The molecular formula is C10H12ClFO. The first-order valence-electron chi connectivity index (χ1n) is 4.18. The highest BCUT2D eigenvalue weighted by Gasteiger charge is 2.07. The predicted octanol–water partition coefficient (Wildman–Crippen LogP) is 3.51. The van der Waals surface area contributed by atoms with Gasteiger partial charge in [0.1, 0.15) is 0 Å². The molecule has 1 rings (SSSR count). The highest BCUT2D eigenvalue weighted by atomic mass is 35.5. The van der Waals surface area contributed by atoms with E-state index in [0.717, 1.165) is 0 Å². The second-order valence-corrected chi connectivity index (χ2v) is 3.66. The lowest BCUT2D eigenvalue weighted by atomic mass is 10.2. The molecule has 0 aromatic heterocycles. The third-order valence-electron chi connectivity index (χ3n) is 1.49. The van der Waals surface area contributed by atoms with Gasteiger partial charge in [-0.25, -0.2) is 4.39 Å². The molecule has 0 unspecified atom stereocenters. The van der Waals surface area contributed by atoms with Gasteiger partial charge in [-0.3, -0.25) is 0 Å². The summed E-state index contributed by atoms with van der Waals surface area (Å²) in [7, 11) is 0. The quantitative estimate of drug-likeness (QED) is 0.729. The Morgan fingerprint density at radius 2 is 2.15 bits per heavy atom. The van der Waals surface area contributed by atoms with E-state index in [1.807, 2.05) is 13.8 Å². The van der Waals surface area contributed by atoms with Gasteiger partial charge in [0.25, 0.3) is 0 Å². The summed E-state index contributed by atoms with van der Waals surface area (Å²) in [5, 5.41) is 0.0984. The molecule has 1 nitrogen and oxygen atoms in total. The molecule has 0 heterocycles. The molecule has 0 aliphatic heterocycles. The van der Waals surface area contributed by atoms with Crippen LogP contribution in [0.1, 0.15) is 13.8 Å². The average molecular weight is 203 g/mol. The molecule has 0 amide bonds. The van der Waals surface area contributed by atoms with Crippen LogP contribution >= 0.6 is 11.6 Å². The van der Waals surface area contributed by atoms with Gasteiger partial charge in [0.2, 0.25) is 0 Å². The van der Waals surface area contributed by atoms with E-state index in [4.69, 9.17) is 16.3 Å². The van der Waals surface area contributed by atoms with Crippen LogP contribution in [0.3, 0.4) is 0 Å². The first kappa shape index (κ1) is 10.3. The SMILES string of the molecule is CC(C)COc1cccc(Cl)c1F. The van der Waals surface area contributed by atoms with Gasteiger partial charge in [-0.15, -0.1) is 0 Å². The molecule has 0 radical (unpaired) electrons. The van der Waals surface area contributed by atoms with Crippen LogP contribution in [0.15, 0.2) is 18.2 Å². The number of benzene rings is 1. The van der Waals surface area contributed by atoms with E-state index in [2.05, 4.69) is 0 Å². The number of halogens is 2. The van der Waals surface area contributed by atoms with Crippen LogP contribution in [0.5, 0.6) is 5.75 Å². The molecule has 0 aliphatic rings. The molecule has 1 aromatic rings. The van der Waals surface area contributed by atoms with Crippen molar-refractivity contribution in [2.75, 3.05) is 6.61 Å². The molecule has 0 atom stereocenters. The number of hydrogen-bond donors (Lipinski definition) is 0. The molecular weight excluding hydrogens is 191 g/mol. The lowest BCUT2D eigenvalue weighted by Crippen LogP contribution is -2.05. The zero-order chi connectivity index (χ0) is 9.84. The summed E-state index contributed by atoms with van der Waals surface area (Å²) in [6, 6.07) is 4.74. The normalized spacial score (nSPS) is 10.5. The van der Waals surface area contributed by atoms with Crippen LogP contribution < -0.4 is 4.74 Å². The highest BCUT2D eigenvalue weighted by molar-refractivity contribution is 6.30. The standard InChI is InChI=1S/C10H12ClFO/c1-7(2)6-13-9-5-3-4-8(11)10(9)12/h3-5,7H,6H2,1-2H3. The van der Waals surface area contributed by atoms with Gasteiger partial charge < -0.3 is 4.74 Å². The number of rotatable bonds is 3. The summed E-state index contributed by atoms with van der Waals surface area (Å²) in [6.45, 7) is 4.50. The number of hydrogen-bond acceptors (Lipinski definition) is 1. The molecule has 0 N–H and O–H groups in total. The van der Waals surface area contributed by atoms with Crippen molar-refractivity contribution in [1.29, 1.82) is 0 Å². The van der Waals surface area contributed by atoms with Gasteiger partial charge in [-0.2, -0.15) is 0 Å². The van der Waals surface area contributed by atoms with E-state index >= 15 is 0 Å². The Balaban J connectivity index is 2.71. The fraction of sp³-hybridized carbons (Fsp3) is 0.400. The Hall–Kier alpha value is -0.760. The summed E-state index contributed by atoms with van der Waals surface area (Å²) < 4.78 is 18.4. The number of ether oxygens (including phenoxy) is 1. The van der Waals surface area contributed by atoms with E-state index in [1.54, 1.807) is 12.1 Å². The monoisotopic (exact) mass is 202 g/mol. The molecule has 0 aliphatic carbocycles. The van der Waals surface area contributed by atoms with Crippen molar-refractivity contribution in [2.24, 2.45) is 5.92 Å². The van der Waals surface area contributed by atoms with Gasteiger partial charge in [-0.05, 0) is 18.1 Å². The molecule has 0 bridgehead atoms. The Morgan fingerprint density at radius 1 is 1.46 bits per heavy atom. The van der Waals surface area contributed by atoms with Crippen LogP contribution in [0.4, 0.5) is 4.39 Å².